The minimum atomic E-state index is 0.0446. The number of nitrogens with one attached hydrogen (secondary N) is 2. The lowest BCUT2D eigenvalue weighted by Crippen LogP contribution is -2.37. The maximum absolute atomic E-state index is 4.61. The summed E-state index contributed by atoms with van der Waals surface area (Å²) in [5, 5.41) is 6.68. The van der Waals surface area contributed by atoms with Crippen molar-refractivity contribution in [3.63, 3.8) is 0 Å². The Bertz CT molecular complexity index is 893. The average Bonchev–Trinajstić information content (AvgIpc) is 2.62. The van der Waals surface area contributed by atoms with Crippen LogP contribution in [0.4, 0.5) is 5.95 Å². The SMILES string of the molecule is C=C1NCC(C)(C)c2cc(C(=C)c3cnc(NCC(C)C)nc3C)ccc21. The van der Waals surface area contributed by atoms with Gasteiger partial charge in [0.05, 0.1) is 5.69 Å². The fourth-order valence-electron chi connectivity index (χ4n) is 3.37. The minimum absolute atomic E-state index is 0.0446. The van der Waals surface area contributed by atoms with Gasteiger partial charge >= 0.3 is 0 Å². The first-order chi connectivity index (χ1) is 12.7. The summed E-state index contributed by atoms with van der Waals surface area (Å²) in [6.07, 6.45) is 1.87. The second-order valence-corrected chi connectivity index (χ2v) is 8.42. The molecule has 0 aliphatic carbocycles. The van der Waals surface area contributed by atoms with Crippen molar-refractivity contribution in [2.75, 3.05) is 18.4 Å². The van der Waals surface area contributed by atoms with Gasteiger partial charge in [-0.2, -0.15) is 0 Å². The molecule has 0 amide bonds. The molecule has 4 heteroatoms. The van der Waals surface area contributed by atoms with E-state index in [-0.39, 0.29) is 5.41 Å². The third-order valence-corrected chi connectivity index (χ3v) is 5.14. The van der Waals surface area contributed by atoms with Crippen molar-refractivity contribution in [3.8, 4) is 0 Å². The second kappa shape index (κ2) is 7.18. The van der Waals surface area contributed by atoms with Crippen LogP contribution in [0.5, 0.6) is 0 Å². The van der Waals surface area contributed by atoms with E-state index in [2.05, 4.69) is 79.7 Å². The van der Waals surface area contributed by atoms with E-state index in [4.69, 9.17) is 0 Å². The highest BCUT2D eigenvalue weighted by Crippen LogP contribution is 2.36. The Labute approximate surface area is 162 Å². The summed E-state index contributed by atoms with van der Waals surface area (Å²) >= 11 is 0. The Hall–Kier alpha value is -2.62. The molecule has 1 aromatic heterocycles. The zero-order chi connectivity index (χ0) is 19.8. The van der Waals surface area contributed by atoms with E-state index in [1.807, 2.05) is 13.1 Å². The van der Waals surface area contributed by atoms with Gasteiger partial charge in [0.15, 0.2) is 0 Å². The maximum atomic E-state index is 4.61. The Morgan fingerprint density at radius 2 is 2.07 bits per heavy atom. The van der Waals surface area contributed by atoms with Crippen LogP contribution in [-0.4, -0.2) is 23.1 Å². The second-order valence-electron chi connectivity index (χ2n) is 8.42. The Morgan fingerprint density at radius 1 is 1.33 bits per heavy atom. The van der Waals surface area contributed by atoms with Gasteiger partial charge in [-0.15, -0.1) is 0 Å². The molecule has 2 N–H and O–H groups in total. The number of anilines is 1. The summed E-state index contributed by atoms with van der Waals surface area (Å²) in [5.41, 5.74) is 7.49. The van der Waals surface area contributed by atoms with Crippen LogP contribution in [0.3, 0.4) is 0 Å². The molecule has 2 heterocycles. The highest BCUT2D eigenvalue weighted by atomic mass is 15.1. The number of nitrogens with zero attached hydrogens (tertiary/aromatic N) is 2. The molecule has 4 nitrogen and oxygen atoms in total. The van der Waals surface area contributed by atoms with Gasteiger partial charge in [-0.05, 0) is 35.6 Å². The molecule has 0 bridgehead atoms. The Kier molecular flexibility index (Phi) is 5.09. The van der Waals surface area contributed by atoms with Crippen LogP contribution in [0, 0.1) is 12.8 Å². The lowest BCUT2D eigenvalue weighted by Gasteiger charge is -2.35. The zero-order valence-electron chi connectivity index (χ0n) is 17.1. The Morgan fingerprint density at radius 3 is 2.74 bits per heavy atom. The molecule has 0 spiro atoms. The van der Waals surface area contributed by atoms with Crippen LogP contribution in [0.25, 0.3) is 11.3 Å². The molecule has 0 saturated heterocycles. The maximum Gasteiger partial charge on any atom is 0.222 e. The van der Waals surface area contributed by atoms with E-state index in [1.54, 1.807) is 0 Å². The molecule has 0 atom stereocenters. The van der Waals surface area contributed by atoms with Crippen molar-refractivity contribution >= 4 is 17.2 Å². The summed E-state index contributed by atoms with van der Waals surface area (Å²) in [5.74, 6) is 1.22. The highest BCUT2D eigenvalue weighted by molar-refractivity contribution is 5.81. The van der Waals surface area contributed by atoms with Gasteiger partial charge in [0.1, 0.15) is 0 Å². The van der Waals surface area contributed by atoms with E-state index < -0.39 is 0 Å². The molecular formula is C23H30N4. The van der Waals surface area contributed by atoms with E-state index in [1.165, 1.54) is 11.1 Å². The molecule has 1 aliphatic heterocycles. The highest BCUT2D eigenvalue weighted by Gasteiger charge is 2.29. The van der Waals surface area contributed by atoms with Crippen LogP contribution in [0.15, 0.2) is 37.6 Å². The van der Waals surface area contributed by atoms with Gasteiger partial charge in [0.2, 0.25) is 5.95 Å². The number of fused-ring (bicyclic) bond motifs is 1. The molecule has 27 heavy (non-hydrogen) atoms. The van der Waals surface area contributed by atoms with Crippen LogP contribution in [0.2, 0.25) is 0 Å². The molecule has 0 saturated carbocycles. The van der Waals surface area contributed by atoms with Gasteiger partial charge in [0, 0.05) is 41.5 Å². The van der Waals surface area contributed by atoms with Crippen molar-refractivity contribution < 1.29 is 0 Å². The van der Waals surface area contributed by atoms with E-state index in [0.717, 1.165) is 41.2 Å². The molecule has 0 unspecified atom stereocenters. The first kappa shape index (κ1) is 19.2. The van der Waals surface area contributed by atoms with Crippen LogP contribution < -0.4 is 10.6 Å². The first-order valence-corrected chi connectivity index (χ1v) is 9.54. The lowest BCUT2D eigenvalue weighted by atomic mass is 9.77. The number of aryl methyl sites for hydroxylation is 1. The van der Waals surface area contributed by atoms with Gasteiger partial charge in [-0.1, -0.05) is 53.0 Å². The molecule has 2 aromatic rings. The van der Waals surface area contributed by atoms with E-state index in [9.17, 15) is 0 Å². The molecule has 1 aromatic carbocycles. The molecule has 0 radical (unpaired) electrons. The predicted molar refractivity (Wildman–Crippen MR) is 115 cm³/mol. The predicted octanol–water partition coefficient (Wildman–Crippen LogP) is 4.77. The Balaban J connectivity index is 1.91. The standard InChI is InChI=1S/C23H30N4/c1-14(2)11-24-22-25-12-20(17(5)27-22)15(3)18-8-9-19-16(4)26-13-23(6,7)21(19)10-18/h8-10,12,14,26H,3-4,11,13H2,1-2,5-7H3,(H,24,25,27). The number of aromatic nitrogens is 2. The third kappa shape index (κ3) is 3.90. The topological polar surface area (TPSA) is 49.8 Å². The van der Waals surface area contributed by atoms with Crippen LogP contribution in [0.1, 0.15) is 55.6 Å². The van der Waals surface area contributed by atoms with Crippen molar-refractivity contribution in [2.45, 2.75) is 40.0 Å². The van der Waals surface area contributed by atoms with Gasteiger partial charge < -0.3 is 10.6 Å². The van der Waals surface area contributed by atoms with Crippen molar-refractivity contribution in [1.29, 1.82) is 0 Å². The average molecular weight is 363 g/mol. The van der Waals surface area contributed by atoms with Gasteiger partial charge in [-0.3, -0.25) is 0 Å². The van der Waals surface area contributed by atoms with E-state index in [0.29, 0.717) is 11.9 Å². The number of hydrogen-bond donors (Lipinski definition) is 2. The summed E-state index contributed by atoms with van der Waals surface area (Å²) in [7, 11) is 0. The molecule has 1 aliphatic rings. The number of benzene rings is 1. The summed E-state index contributed by atoms with van der Waals surface area (Å²) in [4.78, 5) is 9.09. The monoisotopic (exact) mass is 362 g/mol. The molecule has 0 fully saturated rings. The lowest BCUT2D eigenvalue weighted by molar-refractivity contribution is 0.493. The fourth-order valence-corrected chi connectivity index (χ4v) is 3.37. The minimum Gasteiger partial charge on any atom is -0.384 e. The molecule has 142 valence electrons. The number of hydrogen-bond acceptors (Lipinski definition) is 4. The van der Waals surface area contributed by atoms with Crippen LogP contribution in [-0.2, 0) is 5.41 Å². The summed E-state index contributed by atoms with van der Waals surface area (Å²) < 4.78 is 0. The largest absolute Gasteiger partial charge is 0.384 e. The quantitative estimate of drug-likeness (QED) is 0.805. The fraction of sp³-hybridized carbons (Fsp3) is 0.391. The normalized spacial score (nSPS) is 15.3. The van der Waals surface area contributed by atoms with Crippen molar-refractivity contribution in [1.82, 2.24) is 15.3 Å². The zero-order valence-corrected chi connectivity index (χ0v) is 17.1. The van der Waals surface area contributed by atoms with E-state index >= 15 is 0 Å². The third-order valence-electron chi connectivity index (χ3n) is 5.14. The molecular weight excluding hydrogens is 332 g/mol. The summed E-state index contributed by atoms with van der Waals surface area (Å²) in [6.45, 7) is 21.1. The number of rotatable bonds is 5. The van der Waals surface area contributed by atoms with Crippen LogP contribution >= 0.6 is 0 Å². The molecule has 3 rings (SSSR count). The summed E-state index contributed by atoms with van der Waals surface area (Å²) in [6, 6.07) is 6.49. The smallest absolute Gasteiger partial charge is 0.222 e. The first-order valence-electron chi connectivity index (χ1n) is 9.54. The van der Waals surface area contributed by atoms with Crippen molar-refractivity contribution in [2.24, 2.45) is 5.92 Å². The van der Waals surface area contributed by atoms with Gasteiger partial charge in [-0.25, -0.2) is 9.97 Å². The van der Waals surface area contributed by atoms with Crippen molar-refractivity contribution in [3.05, 3.63) is 65.5 Å². The van der Waals surface area contributed by atoms with Gasteiger partial charge in [0.25, 0.3) is 0 Å².